The highest BCUT2D eigenvalue weighted by Gasteiger charge is 2.17. The Morgan fingerprint density at radius 1 is 1.42 bits per heavy atom. The van der Waals surface area contributed by atoms with Crippen molar-refractivity contribution in [3.8, 4) is 0 Å². The molecule has 0 amide bonds. The maximum absolute atomic E-state index is 10.8. The second kappa shape index (κ2) is 3.13. The van der Waals surface area contributed by atoms with Crippen LogP contribution in [0.3, 0.4) is 0 Å². The number of pyridine rings is 1. The van der Waals surface area contributed by atoms with Gasteiger partial charge in [-0.15, -0.1) is 0 Å². The van der Waals surface area contributed by atoms with E-state index in [1.54, 1.807) is 12.3 Å². The first-order valence-electron chi connectivity index (χ1n) is 4.25. The zero-order chi connectivity index (χ0) is 9.19. The highest BCUT2D eigenvalue weighted by atomic mass is 16.1. The third-order valence-electron chi connectivity index (χ3n) is 2.45. The lowest BCUT2D eigenvalue weighted by molar-refractivity contribution is 0.504. The topological polar surface area (TPSA) is 32.9 Å². The summed E-state index contributed by atoms with van der Waals surface area (Å²) in [6, 6.07) is 3.47. The summed E-state index contributed by atoms with van der Waals surface area (Å²) in [5, 5.41) is 0. The average molecular weight is 165 g/mol. The highest BCUT2D eigenvalue weighted by molar-refractivity contribution is 5.18. The van der Waals surface area contributed by atoms with Crippen LogP contribution in [0.5, 0.6) is 0 Å². The normalized spacial score (nSPS) is 11.6. The van der Waals surface area contributed by atoms with E-state index in [-0.39, 0.29) is 11.0 Å². The van der Waals surface area contributed by atoms with Crippen molar-refractivity contribution in [3.63, 3.8) is 0 Å². The predicted molar refractivity (Wildman–Crippen MR) is 50.4 cm³/mol. The number of rotatable bonds is 2. The zero-order valence-electron chi connectivity index (χ0n) is 7.85. The van der Waals surface area contributed by atoms with E-state index in [1.807, 2.05) is 6.07 Å². The van der Waals surface area contributed by atoms with Gasteiger partial charge in [-0.05, 0) is 17.4 Å². The average Bonchev–Trinajstić information content (AvgIpc) is 2.05. The molecule has 0 aromatic carbocycles. The van der Waals surface area contributed by atoms with E-state index in [0.717, 1.165) is 6.42 Å². The van der Waals surface area contributed by atoms with Crippen LogP contribution in [0.2, 0.25) is 0 Å². The monoisotopic (exact) mass is 165 g/mol. The Kier molecular flexibility index (Phi) is 2.36. The van der Waals surface area contributed by atoms with Gasteiger partial charge in [-0.1, -0.05) is 26.8 Å². The van der Waals surface area contributed by atoms with Gasteiger partial charge in [0.05, 0.1) is 0 Å². The minimum Gasteiger partial charge on any atom is -0.329 e. The number of H-pyrrole nitrogens is 1. The van der Waals surface area contributed by atoms with E-state index >= 15 is 0 Å². The van der Waals surface area contributed by atoms with Gasteiger partial charge in [-0.2, -0.15) is 0 Å². The fraction of sp³-hybridized carbons (Fsp3) is 0.500. The van der Waals surface area contributed by atoms with E-state index < -0.39 is 0 Å². The molecule has 0 radical (unpaired) electrons. The van der Waals surface area contributed by atoms with Crippen LogP contribution in [0.1, 0.15) is 32.8 Å². The Morgan fingerprint density at radius 3 is 2.50 bits per heavy atom. The molecule has 1 N–H and O–H groups in total. The second-order valence-corrected chi connectivity index (χ2v) is 3.68. The van der Waals surface area contributed by atoms with Gasteiger partial charge in [0.2, 0.25) is 5.56 Å². The van der Waals surface area contributed by atoms with Gasteiger partial charge < -0.3 is 4.98 Å². The zero-order valence-corrected chi connectivity index (χ0v) is 7.85. The van der Waals surface area contributed by atoms with Crippen molar-refractivity contribution in [2.45, 2.75) is 32.6 Å². The molecule has 0 saturated heterocycles. The molecule has 0 fully saturated rings. The minimum atomic E-state index is -0.0364. The van der Waals surface area contributed by atoms with Gasteiger partial charge in [-0.3, -0.25) is 4.79 Å². The summed E-state index contributed by atoms with van der Waals surface area (Å²) in [5.41, 5.74) is 1.31. The van der Waals surface area contributed by atoms with Crippen molar-refractivity contribution in [1.82, 2.24) is 4.98 Å². The molecule has 0 bridgehead atoms. The molecular formula is C10H15NO. The summed E-state index contributed by atoms with van der Waals surface area (Å²) < 4.78 is 0. The van der Waals surface area contributed by atoms with E-state index in [2.05, 4.69) is 25.8 Å². The highest BCUT2D eigenvalue weighted by Crippen LogP contribution is 2.24. The Bertz CT molecular complexity index is 291. The molecule has 2 nitrogen and oxygen atoms in total. The summed E-state index contributed by atoms with van der Waals surface area (Å²) in [6.45, 7) is 6.48. The Labute approximate surface area is 72.6 Å². The number of hydrogen-bond donors (Lipinski definition) is 1. The quantitative estimate of drug-likeness (QED) is 0.715. The number of aromatic amines is 1. The Balaban J connectivity index is 3.04. The molecule has 0 saturated carbocycles. The third-order valence-corrected chi connectivity index (χ3v) is 2.45. The molecule has 0 aliphatic rings. The lowest BCUT2D eigenvalue weighted by Gasteiger charge is -2.22. The van der Waals surface area contributed by atoms with Gasteiger partial charge in [-0.25, -0.2) is 0 Å². The van der Waals surface area contributed by atoms with Crippen molar-refractivity contribution < 1.29 is 0 Å². The van der Waals surface area contributed by atoms with E-state index in [4.69, 9.17) is 0 Å². The molecule has 1 aromatic heterocycles. The van der Waals surface area contributed by atoms with Crippen molar-refractivity contribution in [2.75, 3.05) is 0 Å². The van der Waals surface area contributed by atoms with Gasteiger partial charge >= 0.3 is 0 Å². The molecule has 2 heteroatoms. The fourth-order valence-corrected chi connectivity index (χ4v) is 1.04. The van der Waals surface area contributed by atoms with Crippen LogP contribution in [-0.4, -0.2) is 4.98 Å². The maximum Gasteiger partial charge on any atom is 0.247 e. The van der Waals surface area contributed by atoms with Gasteiger partial charge in [0, 0.05) is 12.3 Å². The van der Waals surface area contributed by atoms with Crippen molar-refractivity contribution >= 4 is 0 Å². The largest absolute Gasteiger partial charge is 0.329 e. The van der Waals surface area contributed by atoms with Crippen LogP contribution in [0.4, 0.5) is 0 Å². The molecule has 0 spiro atoms. The molecule has 12 heavy (non-hydrogen) atoms. The Hall–Kier alpha value is -1.05. The number of nitrogens with one attached hydrogen (secondary N) is 1. The number of hydrogen-bond acceptors (Lipinski definition) is 1. The van der Waals surface area contributed by atoms with Crippen molar-refractivity contribution in [3.05, 3.63) is 34.2 Å². The molecule has 1 rings (SSSR count). The molecule has 0 aliphatic carbocycles. The maximum atomic E-state index is 10.8. The summed E-state index contributed by atoms with van der Waals surface area (Å²) in [7, 11) is 0. The summed E-state index contributed by atoms with van der Waals surface area (Å²) in [5.74, 6) is 0. The van der Waals surface area contributed by atoms with E-state index in [1.165, 1.54) is 5.56 Å². The van der Waals surface area contributed by atoms with Crippen molar-refractivity contribution in [2.24, 2.45) is 0 Å². The van der Waals surface area contributed by atoms with Gasteiger partial charge in [0.1, 0.15) is 0 Å². The Morgan fingerprint density at radius 2 is 2.08 bits per heavy atom. The molecule has 1 aromatic rings. The fourth-order valence-electron chi connectivity index (χ4n) is 1.04. The molecule has 66 valence electrons. The van der Waals surface area contributed by atoms with Crippen LogP contribution >= 0.6 is 0 Å². The van der Waals surface area contributed by atoms with E-state index in [0.29, 0.717) is 0 Å². The SMILES string of the molecule is CCC(C)(C)c1ccc(=O)[nH]c1. The summed E-state index contributed by atoms with van der Waals surface area (Å²) >= 11 is 0. The van der Waals surface area contributed by atoms with Gasteiger partial charge in [0.25, 0.3) is 0 Å². The second-order valence-electron chi connectivity index (χ2n) is 3.68. The minimum absolute atomic E-state index is 0.0364. The summed E-state index contributed by atoms with van der Waals surface area (Å²) in [6.07, 6.45) is 2.87. The van der Waals surface area contributed by atoms with Crippen LogP contribution in [-0.2, 0) is 5.41 Å². The number of aromatic nitrogens is 1. The lowest BCUT2D eigenvalue weighted by Crippen LogP contribution is -2.17. The van der Waals surface area contributed by atoms with Crippen LogP contribution in [0.25, 0.3) is 0 Å². The van der Waals surface area contributed by atoms with Crippen LogP contribution in [0.15, 0.2) is 23.1 Å². The van der Waals surface area contributed by atoms with Crippen LogP contribution < -0.4 is 5.56 Å². The lowest BCUT2D eigenvalue weighted by atomic mass is 9.83. The first kappa shape index (κ1) is 9.04. The molecule has 1 heterocycles. The molecule has 0 aliphatic heterocycles. The first-order valence-corrected chi connectivity index (χ1v) is 4.25. The smallest absolute Gasteiger partial charge is 0.247 e. The van der Waals surface area contributed by atoms with Gasteiger partial charge in [0.15, 0.2) is 0 Å². The summed E-state index contributed by atoms with van der Waals surface area (Å²) in [4.78, 5) is 13.5. The molecule has 0 atom stereocenters. The van der Waals surface area contributed by atoms with E-state index in [9.17, 15) is 4.79 Å². The van der Waals surface area contributed by atoms with Crippen LogP contribution in [0, 0.1) is 0 Å². The standard InChI is InChI=1S/C10H15NO/c1-4-10(2,3)8-5-6-9(12)11-7-8/h5-7H,4H2,1-3H3,(H,11,12). The third kappa shape index (κ3) is 1.76. The molecule has 0 unspecified atom stereocenters. The van der Waals surface area contributed by atoms with Crippen molar-refractivity contribution in [1.29, 1.82) is 0 Å². The first-order chi connectivity index (χ1) is 5.56. The molecular weight excluding hydrogens is 150 g/mol. The predicted octanol–water partition coefficient (Wildman–Crippen LogP) is 2.06.